The molecule has 0 saturated carbocycles. The summed E-state index contributed by atoms with van der Waals surface area (Å²) in [6.07, 6.45) is -6.54. The molecule has 9 N–H and O–H groups in total. The molecule has 95 heavy (non-hydrogen) atoms. The lowest BCUT2D eigenvalue weighted by molar-refractivity contribution is -0.941. The molecule has 0 spiro atoms. The number of aliphatic hydroxyl groups is 3. The number of Topliss-reactive ketones (excluding diaryl/α,β-unsaturated/α-hetero) is 1. The summed E-state index contributed by atoms with van der Waals surface area (Å²) in [5.74, 6) is -8.59. The lowest BCUT2D eigenvalue weighted by atomic mass is 9.82. The van der Waals surface area contributed by atoms with E-state index in [0.717, 1.165) is 30.6 Å². The number of benzene rings is 2. The molecule has 2 aromatic carbocycles. The number of rotatable bonds is 33. The van der Waals surface area contributed by atoms with Crippen molar-refractivity contribution in [3.05, 3.63) is 87.9 Å². The third-order valence-electron chi connectivity index (χ3n) is 17.6. The predicted molar refractivity (Wildman–Crippen MR) is 347 cm³/mol. The number of hydrogen-bond acceptors (Lipinski definition) is 19. The number of carbonyl (C=O) groups is 10. The zero-order chi connectivity index (χ0) is 70.2. The van der Waals surface area contributed by atoms with E-state index < -0.39 is 139 Å². The number of aliphatic carboxylic acids is 2. The molecule has 3 aliphatic rings. The van der Waals surface area contributed by atoms with Crippen LogP contribution in [0.25, 0.3) is 0 Å². The first kappa shape index (κ1) is 76.3. The molecule has 6 rings (SSSR count). The van der Waals surface area contributed by atoms with E-state index in [4.69, 9.17) is 23.9 Å². The highest BCUT2D eigenvalue weighted by molar-refractivity contribution is 7.09. The Hall–Kier alpha value is -7.73. The SMILES string of the molecule is CCO[C@H](C[C@H](C(C)C)N(C)C(=O)[C@@H](CC(=O)[C@H]1CCCC[N+]1(C)Cc1ccc(O[C@@H]2O[C@H](C(=O)O)[C@@H](O)[C@H](O)[C@H]2O)c(NC(=O)CCNC(=O)[C@H](CNC(=O)OC(C)(C)C)N2C(=O)C=CC2=O)c1)[C@@H](C)CC)c1nc(C(=O)N[C@@H](Cc2ccccc2)C[C@H](C)C(=O)O)cs1. The van der Waals surface area contributed by atoms with Crippen molar-refractivity contribution in [1.82, 2.24) is 30.7 Å². The van der Waals surface area contributed by atoms with Crippen molar-refractivity contribution in [2.75, 3.05) is 45.7 Å². The van der Waals surface area contributed by atoms with E-state index in [1.165, 1.54) is 17.4 Å². The molecule has 2 saturated heterocycles. The molecule has 0 radical (unpaired) electrons. The van der Waals surface area contributed by atoms with E-state index in [1.54, 1.807) is 57.2 Å². The number of likely N-dealkylation sites (tertiary alicyclic amines) is 1. The number of aliphatic hydroxyl groups excluding tert-OH is 3. The van der Waals surface area contributed by atoms with Crippen molar-refractivity contribution in [3.63, 3.8) is 0 Å². The van der Waals surface area contributed by atoms with Crippen molar-refractivity contribution < 1.29 is 96.9 Å². The van der Waals surface area contributed by atoms with Crippen molar-refractivity contribution in [2.24, 2.45) is 23.7 Å². The van der Waals surface area contributed by atoms with Crippen molar-refractivity contribution in [2.45, 2.75) is 193 Å². The Kier molecular flexibility index (Phi) is 27.5. The number of nitrogens with zero attached hydrogens (tertiary/aromatic N) is 4. The number of anilines is 1. The fourth-order valence-corrected chi connectivity index (χ4v) is 13.1. The molecule has 3 aliphatic heterocycles. The molecular weight excluding hydrogens is 1250 g/mol. The number of hydrogen-bond donors (Lipinski definition) is 9. The molecule has 2 fully saturated rings. The fraction of sp³-hybridized carbons (Fsp3) is 0.597. The molecule has 0 bridgehead atoms. The summed E-state index contributed by atoms with van der Waals surface area (Å²) in [7, 11) is 3.68. The van der Waals surface area contributed by atoms with Gasteiger partial charge in [-0.25, -0.2) is 14.6 Å². The second kappa shape index (κ2) is 34.3. The van der Waals surface area contributed by atoms with E-state index in [0.29, 0.717) is 54.3 Å². The number of carbonyl (C=O) groups excluding carboxylic acids is 8. The number of thiazole rings is 1. The van der Waals surface area contributed by atoms with Crippen LogP contribution in [0.3, 0.4) is 0 Å². The minimum absolute atomic E-state index is 0.0442. The number of imide groups is 1. The van der Waals surface area contributed by atoms with Crippen LogP contribution in [0.4, 0.5) is 10.5 Å². The van der Waals surface area contributed by atoms with Gasteiger partial charge in [0.2, 0.25) is 24.0 Å². The Labute approximate surface area is 557 Å². The first-order valence-corrected chi connectivity index (χ1v) is 33.2. The smallest absolute Gasteiger partial charge is 0.407 e. The number of carboxylic acid groups (broad SMARTS) is 2. The Morgan fingerprint density at radius 1 is 0.884 bits per heavy atom. The van der Waals surface area contributed by atoms with Crippen LogP contribution in [-0.2, 0) is 65.5 Å². The second-order valence-electron chi connectivity index (χ2n) is 26.4. The lowest BCUT2D eigenvalue weighted by Gasteiger charge is -2.45. The molecule has 522 valence electrons. The normalized spacial score (nSPS) is 22.7. The maximum atomic E-state index is 15.1. The van der Waals surface area contributed by atoms with Gasteiger partial charge >= 0.3 is 18.0 Å². The first-order valence-electron chi connectivity index (χ1n) is 32.4. The third kappa shape index (κ3) is 20.9. The van der Waals surface area contributed by atoms with Crippen LogP contribution in [0.15, 0.2) is 66.1 Å². The number of likely N-dealkylation sites (N-methyl/N-ethyl adjacent to an activating group) is 1. The van der Waals surface area contributed by atoms with Gasteiger partial charge in [0, 0.05) is 87.0 Å². The van der Waals surface area contributed by atoms with Crippen LogP contribution in [0.2, 0.25) is 0 Å². The maximum Gasteiger partial charge on any atom is 0.407 e. The molecular formula is C67H95N8O19S+. The minimum Gasteiger partial charge on any atom is -0.481 e. The van der Waals surface area contributed by atoms with Crippen molar-refractivity contribution in [1.29, 1.82) is 0 Å². The number of carboxylic acids is 2. The fourth-order valence-electron chi connectivity index (χ4n) is 12.2. The number of quaternary nitrogens is 1. The van der Waals surface area contributed by atoms with Gasteiger partial charge < -0.3 is 75.1 Å². The zero-order valence-corrected chi connectivity index (χ0v) is 56.8. The molecule has 4 heterocycles. The van der Waals surface area contributed by atoms with Crippen LogP contribution in [0, 0.1) is 23.7 Å². The summed E-state index contributed by atoms with van der Waals surface area (Å²) in [5.41, 5.74) is 0.709. The number of aromatic nitrogens is 1. The molecule has 7 amide bonds. The highest BCUT2D eigenvalue weighted by atomic mass is 32.1. The van der Waals surface area contributed by atoms with Crippen LogP contribution in [-0.4, -0.2) is 205 Å². The number of nitrogens with one attached hydrogen (secondary N) is 4. The summed E-state index contributed by atoms with van der Waals surface area (Å²) in [6.45, 7) is 16.4. The summed E-state index contributed by atoms with van der Waals surface area (Å²) >= 11 is 1.25. The van der Waals surface area contributed by atoms with Crippen molar-refractivity contribution in [3.8, 4) is 5.75 Å². The predicted octanol–water partition coefficient (Wildman–Crippen LogP) is 4.90. The summed E-state index contributed by atoms with van der Waals surface area (Å²) in [4.78, 5) is 141. The molecule has 14 atom stereocenters. The zero-order valence-electron chi connectivity index (χ0n) is 56.0. The van der Waals surface area contributed by atoms with Crippen LogP contribution < -0.4 is 26.0 Å². The van der Waals surface area contributed by atoms with Gasteiger partial charge in [-0.2, -0.15) is 0 Å². The third-order valence-corrected chi connectivity index (χ3v) is 18.6. The standard InChI is InChI=1S/C67H94N8O19S/c1-12-38(5)43(62(85)73(10)46(37(3)4)33-51(91-13-2)61-72-45(36-95-61)59(83)70-42(29-39(6)63(86)87)30-40-19-15-14-16-20-40)32-49(76)48-21-17-18-28-75(48,11)35-41-22-23-50(92-65-57(82)55(80)56(81)58(93-65)64(88)89)44(31-41)71-52(77)26-27-68-60(84)47(74-53(78)24-25-54(74)79)34-69-66(90)94-67(7,8)9/h14-16,19-20,22-25,31,36-39,42-43,46-48,51,55-58,65,80-82H,12-13,17-18,21,26-30,32-35H2,1-11H3,(H5-,68,69,70,71,77,83,84,86,87,88,89,90)/p+1/t38-,39-,42+,43-,46+,47-,48+,51+,55-,56-,57+,58-,65+,75?/m0/s1. The number of ketones is 1. The van der Waals surface area contributed by atoms with Gasteiger partial charge in [0.25, 0.3) is 17.7 Å². The Balaban J connectivity index is 1.20. The van der Waals surface area contributed by atoms with E-state index >= 15 is 9.59 Å². The highest BCUT2D eigenvalue weighted by Crippen LogP contribution is 2.37. The lowest BCUT2D eigenvalue weighted by Crippen LogP contribution is -2.61. The topological polar surface area (TPSA) is 376 Å². The van der Waals surface area contributed by atoms with Gasteiger partial charge in [0.1, 0.15) is 65.1 Å². The number of ether oxygens (including phenoxy) is 4. The second-order valence-corrected chi connectivity index (χ2v) is 27.3. The average Bonchev–Trinajstić information content (AvgIpc) is 1.26. The Bertz CT molecular complexity index is 3210. The van der Waals surface area contributed by atoms with Crippen molar-refractivity contribution >= 4 is 76.3 Å². The van der Waals surface area contributed by atoms with Gasteiger partial charge in [0.15, 0.2) is 11.9 Å². The van der Waals surface area contributed by atoms with E-state index in [2.05, 4.69) is 21.3 Å². The monoisotopic (exact) mass is 1350 g/mol. The van der Waals surface area contributed by atoms with Gasteiger partial charge in [-0.05, 0) is 89.0 Å². The minimum atomic E-state index is -2.03. The van der Waals surface area contributed by atoms with Gasteiger partial charge in [0.05, 0.1) is 31.7 Å². The van der Waals surface area contributed by atoms with Crippen LogP contribution in [0.1, 0.15) is 146 Å². The van der Waals surface area contributed by atoms with E-state index in [1.807, 2.05) is 72.0 Å². The van der Waals surface area contributed by atoms with Crippen LogP contribution in [0.5, 0.6) is 5.75 Å². The van der Waals surface area contributed by atoms with Gasteiger partial charge in [-0.3, -0.25) is 43.3 Å². The number of alkyl carbamates (subject to hydrolysis) is 1. The van der Waals surface area contributed by atoms with Crippen LogP contribution >= 0.6 is 11.3 Å². The van der Waals surface area contributed by atoms with Gasteiger partial charge in [-0.1, -0.05) is 71.4 Å². The molecule has 28 heteroatoms. The molecule has 0 aliphatic carbocycles. The Morgan fingerprint density at radius 2 is 1.57 bits per heavy atom. The number of piperidine rings is 1. The molecule has 1 aromatic heterocycles. The quantitative estimate of drug-likeness (QED) is 0.0289. The van der Waals surface area contributed by atoms with Gasteiger partial charge in [-0.15, -0.1) is 11.3 Å². The highest BCUT2D eigenvalue weighted by Gasteiger charge is 2.49. The molecule has 27 nitrogen and oxygen atoms in total. The van der Waals surface area contributed by atoms with E-state index in [9.17, 15) is 63.9 Å². The van der Waals surface area contributed by atoms with E-state index in [-0.39, 0.29) is 71.1 Å². The molecule has 3 aromatic rings. The average molecular weight is 1350 g/mol. The first-order chi connectivity index (χ1) is 44.7. The molecule has 1 unspecified atom stereocenters. The maximum absolute atomic E-state index is 15.1. The summed E-state index contributed by atoms with van der Waals surface area (Å²) in [6, 6.07) is 11.0. The number of amides is 7. The largest absolute Gasteiger partial charge is 0.481 e. The summed E-state index contributed by atoms with van der Waals surface area (Å²) in [5, 5.41) is 64.3. The summed E-state index contributed by atoms with van der Waals surface area (Å²) < 4.78 is 23.1. The Morgan fingerprint density at radius 3 is 2.19 bits per heavy atom.